The van der Waals surface area contributed by atoms with Gasteiger partial charge in [0.1, 0.15) is 4.32 Å². The molecule has 1 aromatic rings. The van der Waals surface area contributed by atoms with Crippen LogP contribution < -0.4 is 5.32 Å². The minimum atomic E-state index is 0.732. The van der Waals surface area contributed by atoms with Gasteiger partial charge in [0.05, 0.1) is 0 Å². The van der Waals surface area contributed by atoms with Gasteiger partial charge in [0.15, 0.2) is 0 Å². The van der Waals surface area contributed by atoms with Gasteiger partial charge in [-0.1, -0.05) is 23.8 Å². The van der Waals surface area contributed by atoms with Gasteiger partial charge in [0.2, 0.25) is 0 Å². The highest BCUT2D eigenvalue weighted by Gasteiger charge is 1.94. The lowest BCUT2D eigenvalue weighted by Gasteiger charge is -2.04. The minimum Gasteiger partial charge on any atom is -0.341 e. The molecule has 4 heteroatoms. The standard InChI is InChI=1S/C8H8ClNS2/c1-12-8(11)10-7-4-2-6(9)3-5-7/h2-5H,1H3,(H,10,11). The largest absolute Gasteiger partial charge is 0.341 e. The van der Waals surface area contributed by atoms with Crippen LogP contribution in [0.25, 0.3) is 0 Å². The summed E-state index contributed by atoms with van der Waals surface area (Å²) in [6.45, 7) is 0. The van der Waals surface area contributed by atoms with Crippen LogP contribution in [0.1, 0.15) is 0 Å². The number of rotatable bonds is 1. The van der Waals surface area contributed by atoms with Crippen LogP contribution in [0.15, 0.2) is 24.3 Å². The predicted octanol–water partition coefficient (Wildman–Crippen LogP) is 3.40. The Morgan fingerprint density at radius 2 is 2.00 bits per heavy atom. The van der Waals surface area contributed by atoms with Crippen LogP contribution in [0.5, 0.6) is 0 Å². The molecule has 1 nitrogen and oxygen atoms in total. The van der Waals surface area contributed by atoms with Gasteiger partial charge in [-0.2, -0.15) is 0 Å². The Morgan fingerprint density at radius 1 is 1.42 bits per heavy atom. The molecule has 0 spiro atoms. The van der Waals surface area contributed by atoms with Crippen molar-refractivity contribution in [3.8, 4) is 0 Å². The molecule has 0 aromatic heterocycles. The quantitative estimate of drug-likeness (QED) is 0.725. The van der Waals surface area contributed by atoms with E-state index in [1.54, 1.807) is 0 Å². The molecule has 1 N–H and O–H groups in total. The molecule has 0 unspecified atom stereocenters. The molecule has 0 aliphatic heterocycles. The maximum absolute atomic E-state index is 5.72. The summed E-state index contributed by atoms with van der Waals surface area (Å²) in [5.41, 5.74) is 0.971. The maximum Gasteiger partial charge on any atom is 0.137 e. The van der Waals surface area contributed by atoms with Crippen LogP contribution in [-0.4, -0.2) is 10.6 Å². The first-order valence-corrected chi connectivity index (χ1v) is 5.34. The van der Waals surface area contributed by atoms with E-state index in [2.05, 4.69) is 5.32 Å². The van der Waals surface area contributed by atoms with Crippen molar-refractivity contribution in [3.05, 3.63) is 29.3 Å². The Kier molecular flexibility index (Phi) is 3.85. The number of benzene rings is 1. The van der Waals surface area contributed by atoms with Crippen molar-refractivity contribution in [1.82, 2.24) is 0 Å². The number of nitrogens with one attached hydrogen (secondary N) is 1. The van der Waals surface area contributed by atoms with Crippen LogP contribution in [0.3, 0.4) is 0 Å². The molecule has 0 radical (unpaired) electrons. The Morgan fingerprint density at radius 3 is 2.50 bits per heavy atom. The molecule has 0 amide bonds. The van der Waals surface area contributed by atoms with Gasteiger partial charge >= 0.3 is 0 Å². The highest BCUT2D eigenvalue weighted by Crippen LogP contribution is 2.14. The van der Waals surface area contributed by atoms with Crippen LogP contribution in [0.4, 0.5) is 5.69 Å². The van der Waals surface area contributed by atoms with Crippen LogP contribution in [-0.2, 0) is 0 Å². The van der Waals surface area contributed by atoms with Gasteiger partial charge in [0.25, 0.3) is 0 Å². The summed E-state index contributed by atoms with van der Waals surface area (Å²) >= 11 is 12.2. The summed E-state index contributed by atoms with van der Waals surface area (Å²) in [4.78, 5) is 0. The zero-order valence-corrected chi connectivity index (χ0v) is 8.89. The molecule has 0 atom stereocenters. The predicted molar refractivity (Wildman–Crippen MR) is 61.2 cm³/mol. The fourth-order valence-electron chi connectivity index (χ4n) is 0.702. The van der Waals surface area contributed by atoms with E-state index in [4.69, 9.17) is 23.8 Å². The zero-order valence-electron chi connectivity index (χ0n) is 6.50. The normalized spacial score (nSPS) is 9.50. The Labute approximate surface area is 86.5 Å². The van der Waals surface area contributed by atoms with Crippen molar-refractivity contribution in [2.45, 2.75) is 0 Å². The van der Waals surface area contributed by atoms with Crippen molar-refractivity contribution in [2.75, 3.05) is 11.6 Å². The second-order valence-electron chi connectivity index (χ2n) is 2.12. The number of thioether (sulfide) groups is 1. The Hall–Kier alpha value is -0.250. The summed E-state index contributed by atoms with van der Waals surface area (Å²) < 4.78 is 0.761. The average Bonchev–Trinajstić information content (AvgIpc) is 2.09. The van der Waals surface area contributed by atoms with E-state index >= 15 is 0 Å². The SMILES string of the molecule is CSC(=S)Nc1ccc(Cl)cc1. The molecule has 1 aromatic carbocycles. The van der Waals surface area contributed by atoms with Crippen molar-refractivity contribution >= 4 is 45.6 Å². The smallest absolute Gasteiger partial charge is 0.137 e. The fourth-order valence-corrected chi connectivity index (χ4v) is 1.17. The lowest BCUT2D eigenvalue weighted by Crippen LogP contribution is -2.02. The lowest BCUT2D eigenvalue weighted by molar-refractivity contribution is 1.66. The molecular formula is C8H8ClNS2. The van der Waals surface area contributed by atoms with Crippen LogP contribution in [0, 0.1) is 0 Å². The van der Waals surface area contributed by atoms with E-state index in [1.807, 2.05) is 30.5 Å². The third kappa shape index (κ3) is 3.01. The molecule has 0 aliphatic rings. The van der Waals surface area contributed by atoms with E-state index in [0.29, 0.717) is 0 Å². The Bertz CT molecular complexity index is 271. The fraction of sp³-hybridized carbons (Fsp3) is 0.125. The van der Waals surface area contributed by atoms with Gasteiger partial charge in [-0.15, -0.1) is 11.8 Å². The summed E-state index contributed by atoms with van der Waals surface area (Å²) in [7, 11) is 0. The maximum atomic E-state index is 5.72. The van der Waals surface area contributed by atoms with Crippen molar-refractivity contribution in [3.63, 3.8) is 0 Å². The second kappa shape index (κ2) is 4.70. The average molecular weight is 218 g/mol. The zero-order chi connectivity index (χ0) is 8.97. The topological polar surface area (TPSA) is 12.0 Å². The van der Waals surface area contributed by atoms with Gasteiger partial charge in [0, 0.05) is 10.7 Å². The molecule has 0 saturated heterocycles. The summed E-state index contributed by atoms with van der Waals surface area (Å²) in [6.07, 6.45) is 1.94. The number of hydrogen-bond donors (Lipinski definition) is 1. The number of thiocarbonyl (C=S) groups is 1. The molecule has 0 fully saturated rings. The van der Waals surface area contributed by atoms with Crippen LogP contribution >= 0.6 is 35.6 Å². The second-order valence-corrected chi connectivity index (χ2v) is 4.04. The highest BCUT2D eigenvalue weighted by atomic mass is 35.5. The number of halogens is 1. The van der Waals surface area contributed by atoms with E-state index in [-0.39, 0.29) is 0 Å². The van der Waals surface area contributed by atoms with Gasteiger partial charge < -0.3 is 5.32 Å². The first-order valence-electron chi connectivity index (χ1n) is 3.33. The highest BCUT2D eigenvalue weighted by molar-refractivity contribution is 8.22. The molecule has 0 bridgehead atoms. The summed E-state index contributed by atoms with van der Waals surface area (Å²) in [6, 6.07) is 7.44. The lowest BCUT2D eigenvalue weighted by atomic mass is 10.3. The first kappa shape index (κ1) is 9.84. The molecule has 64 valence electrons. The molecule has 0 aliphatic carbocycles. The molecule has 0 heterocycles. The van der Waals surface area contributed by atoms with Crippen LogP contribution in [0.2, 0.25) is 5.02 Å². The first-order chi connectivity index (χ1) is 5.72. The molecule has 12 heavy (non-hydrogen) atoms. The third-order valence-corrected chi connectivity index (χ3v) is 2.60. The summed E-state index contributed by atoms with van der Waals surface area (Å²) in [5, 5.41) is 3.79. The van der Waals surface area contributed by atoms with Gasteiger partial charge in [-0.25, -0.2) is 0 Å². The molecular weight excluding hydrogens is 210 g/mol. The summed E-state index contributed by atoms with van der Waals surface area (Å²) in [5.74, 6) is 0. The van der Waals surface area contributed by atoms with Crippen molar-refractivity contribution in [2.24, 2.45) is 0 Å². The molecule has 0 saturated carbocycles. The third-order valence-electron chi connectivity index (χ3n) is 1.28. The van der Waals surface area contributed by atoms with E-state index < -0.39 is 0 Å². The van der Waals surface area contributed by atoms with Gasteiger partial charge in [-0.3, -0.25) is 0 Å². The van der Waals surface area contributed by atoms with E-state index in [0.717, 1.165) is 15.0 Å². The minimum absolute atomic E-state index is 0.732. The Balaban J connectivity index is 2.64. The molecule has 1 rings (SSSR count). The van der Waals surface area contributed by atoms with E-state index in [9.17, 15) is 0 Å². The number of anilines is 1. The van der Waals surface area contributed by atoms with Gasteiger partial charge in [-0.05, 0) is 30.5 Å². The van der Waals surface area contributed by atoms with E-state index in [1.165, 1.54) is 11.8 Å². The van der Waals surface area contributed by atoms with Crippen molar-refractivity contribution < 1.29 is 0 Å². The van der Waals surface area contributed by atoms with Crippen molar-refractivity contribution in [1.29, 1.82) is 0 Å². The monoisotopic (exact) mass is 217 g/mol. The number of hydrogen-bond acceptors (Lipinski definition) is 2.